The molecule has 0 aliphatic rings. The topological polar surface area (TPSA) is 12.0 Å². The van der Waals surface area contributed by atoms with Crippen molar-refractivity contribution in [2.24, 2.45) is 11.8 Å². The average Bonchev–Trinajstić information content (AvgIpc) is 2.19. The summed E-state index contributed by atoms with van der Waals surface area (Å²) in [6.07, 6.45) is 3.36. The van der Waals surface area contributed by atoms with E-state index in [0.29, 0.717) is 17.9 Å². The van der Waals surface area contributed by atoms with Crippen molar-refractivity contribution in [1.82, 2.24) is 5.32 Å². The molecule has 0 bridgehead atoms. The van der Waals surface area contributed by atoms with E-state index in [1.807, 2.05) is 7.05 Å². The molecule has 1 N–H and O–H groups in total. The largest absolute Gasteiger partial charge is 0.317 e. The predicted molar refractivity (Wildman–Crippen MR) is 70.5 cm³/mol. The zero-order valence-corrected chi connectivity index (χ0v) is 11.7. The van der Waals surface area contributed by atoms with Crippen LogP contribution in [0.5, 0.6) is 0 Å². The molecule has 0 spiro atoms. The second kappa shape index (κ2) is 7.29. The fraction of sp³-hybridized carbons (Fsp3) is 0.846. The monoisotopic (exact) mass is 231 g/mol. The van der Waals surface area contributed by atoms with Crippen LogP contribution in [-0.4, -0.2) is 18.5 Å². The molecule has 1 nitrogen and oxygen atoms in total. The number of rotatable bonds is 6. The zero-order valence-electron chi connectivity index (χ0n) is 11.0. The molecule has 0 radical (unpaired) electrons. The third kappa shape index (κ3) is 4.16. The molecule has 4 atom stereocenters. The first-order valence-corrected chi connectivity index (χ1v) is 6.40. The van der Waals surface area contributed by atoms with Crippen molar-refractivity contribution in [2.45, 2.75) is 52.5 Å². The maximum absolute atomic E-state index is 6.20. The van der Waals surface area contributed by atoms with Crippen molar-refractivity contribution in [3.8, 4) is 0 Å². The first-order chi connectivity index (χ1) is 6.99. The van der Waals surface area contributed by atoms with E-state index in [-0.39, 0.29) is 5.38 Å². The summed E-state index contributed by atoms with van der Waals surface area (Å²) in [5, 5.41) is 3.49. The van der Waals surface area contributed by atoms with Gasteiger partial charge in [-0.2, -0.15) is 0 Å². The molecule has 15 heavy (non-hydrogen) atoms. The number of hydrogen-bond acceptors (Lipinski definition) is 1. The van der Waals surface area contributed by atoms with Gasteiger partial charge in [0, 0.05) is 6.04 Å². The van der Waals surface area contributed by atoms with Crippen LogP contribution in [-0.2, 0) is 0 Å². The van der Waals surface area contributed by atoms with Gasteiger partial charge in [0.15, 0.2) is 0 Å². The highest BCUT2D eigenvalue weighted by Gasteiger charge is 2.25. The molecular formula is C13H26ClN. The normalized spacial score (nSPS) is 20.9. The third-order valence-corrected chi connectivity index (χ3v) is 3.78. The molecule has 90 valence electrons. The Morgan fingerprint density at radius 1 is 1.33 bits per heavy atom. The van der Waals surface area contributed by atoms with E-state index in [1.54, 1.807) is 0 Å². The molecule has 0 aliphatic carbocycles. The van der Waals surface area contributed by atoms with Crippen LogP contribution < -0.4 is 5.32 Å². The lowest BCUT2D eigenvalue weighted by Crippen LogP contribution is -2.35. The maximum Gasteiger partial charge on any atom is 0.0519 e. The lowest BCUT2D eigenvalue weighted by atomic mass is 9.80. The number of allylic oxidation sites excluding steroid dienone is 2. The van der Waals surface area contributed by atoms with E-state index in [2.05, 4.69) is 46.0 Å². The second-order valence-corrected chi connectivity index (χ2v) is 5.00. The van der Waals surface area contributed by atoms with Crippen molar-refractivity contribution in [1.29, 1.82) is 0 Å². The van der Waals surface area contributed by atoms with Crippen molar-refractivity contribution >= 4 is 11.6 Å². The van der Waals surface area contributed by atoms with E-state index in [9.17, 15) is 0 Å². The summed E-state index contributed by atoms with van der Waals surface area (Å²) < 4.78 is 0. The summed E-state index contributed by atoms with van der Waals surface area (Å²) >= 11 is 6.20. The van der Waals surface area contributed by atoms with Gasteiger partial charge >= 0.3 is 0 Å². The van der Waals surface area contributed by atoms with Crippen LogP contribution in [0.25, 0.3) is 0 Å². The van der Waals surface area contributed by atoms with Gasteiger partial charge in [-0.05, 0) is 39.7 Å². The quantitative estimate of drug-likeness (QED) is 0.541. The van der Waals surface area contributed by atoms with E-state index in [4.69, 9.17) is 11.6 Å². The molecule has 0 aliphatic heterocycles. The Kier molecular flexibility index (Phi) is 7.29. The van der Waals surface area contributed by atoms with Crippen LogP contribution in [0.2, 0.25) is 0 Å². The highest BCUT2D eigenvalue weighted by Crippen LogP contribution is 2.29. The summed E-state index contributed by atoms with van der Waals surface area (Å²) in [7, 11) is 2.03. The van der Waals surface area contributed by atoms with Crippen molar-refractivity contribution in [3.05, 3.63) is 11.6 Å². The van der Waals surface area contributed by atoms with E-state index < -0.39 is 0 Å². The Morgan fingerprint density at radius 3 is 2.13 bits per heavy atom. The Morgan fingerprint density at radius 2 is 1.87 bits per heavy atom. The molecule has 2 heteroatoms. The molecule has 0 aromatic heterocycles. The lowest BCUT2D eigenvalue weighted by molar-refractivity contribution is 0.303. The smallest absolute Gasteiger partial charge is 0.0519 e. The highest BCUT2D eigenvalue weighted by atomic mass is 35.5. The fourth-order valence-electron chi connectivity index (χ4n) is 2.46. The highest BCUT2D eigenvalue weighted by molar-refractivity contribution is 6.22. The predicted octanol–water partition coefficient (Wildman–Crippen LogP) is 3.83. The SMILES string of the molecule is C/C=C(/C(C)Cl)C(C)C(CC)C(C)NC. The molecular weight excluding hydrogens is 206 g/mol. The molecule has 0 aromatic carbocycles. The molecule has 4 unspecified atom stereocenters. The summed E-state index contributed by atoms with van der Waals surface area (Å²) in [6, 6.07) is 0.537. The van der Waals surface area contributed by atoms with Crippen LogP contribution in [0, 0.1) is 11.8 Å². The second-order valence-electron chi connectivity index (χ2n) is 4.34. The van der Waals surface area contributed by atoms with Crippen LogP contribution in [0.4, 0.5) is 0 Å². The minimum absolute atomic E-state index is 0.142. The summed E-state index contributed by atoms with van der Waals surface area (Å²) in [5.41, 5.74) is 1.37. The van der Waals surface area contributed by atoms with Gasteiger partial charge in [0.1, 0.15) is 0 Å². The third-order valence-electron chi connectivity index (χ3n) is 3.53. The van der Waals surface area contributed by atoms with E-state index in [1.165, 1.54) is 12.0 Å². The summed E-state index contributed by atoms with van der Waals surface area (Å²) in [6.45, 7) is 10.9. The van der Waals surface area contributed by atoms with Gasteiger partial charge in [-0.1, -0.05) is 31.9 Å². The van der Waals surface area contributed by atoms with Gasteiger partial charge in [0.25, 0.3) is 0 Å². The summed E-state index contributed by atoms with van der Waals surface area (Å²) in [5.74, 6) is 1.21. The van der Waals surface area contributed by atoms with E-state index in [0.717, 1.165) is 0 Å². The van der Waals surface area contributed by atoms with Crippen LogP contribution in [0.3, 0.4) is 0 Å². The standard InChI is InChI=1S/C13H26ClN/c1-7-12(10(4)14)9(3)13(8-2)11(5)15-6/h7,9-11,13,15H,8H2,1-6H3/b12-7+. The van der Waals surface area contributed by atoms with Gasteiger partial charge < -0.3 is 5.32 Å². The Balaban J connectivity index is 4.70. The fourth-order valence-corrected chi connectivity index (χ4v) is 2.78. The Bertz CT molecular complexity index is 199. The van der Waals surface area contributed by atoms with Crippen LogP contribution >= 0.6 is 11.6 Å². The Hall–Kier alpha value is -0.0100. The maximum atomic E-state index is 6.20. The van der Waals surface area contributed by atoms with E-state index >= 15 is 0 Å². The lowest BCUT2D eigenvalue weighted by Gasteiger charge is -2.31. The molecule has 0 saturated carbocycles. The minimum Gasteiger partial charge on any atom is -0.317 e. The first kappa shape index (κ1) is 15.0. The number of alkyl halides is 1. The molecule has 0 saturated heterocycles. The first-order valence-electron chi connectivity index (χ1n) is 5.96. The number of hydrogen-bond donors (Lipinski definition) is 1. The zero-order chi connectivity index (χ0) is 12.0. The molecule has 0 heterocycles. The number of nitrogens with one attached hydrogen (secondary N) is 1. The van der Waals surface area contributed by atoms with Crippen molar-refractivity contribution in [3.63, 3.8) is 0 Å². The number of halogens is 1. The van der Waals surface area contributed by atoms with Gasteiger partial charge in [0.2, 0.25) is 0 Å². The summed E-state index contributed by atoms with van der Waals surface area (Å²) in [4.78, 5) is 0. The molecule has 0 aromatic rings. The van der Waals surface area contributed by atoms with Gasteiger partial charge in [-0.3, -0.25) is 0 Å². The molecule has 0 rings (SSSR count). The average molecular weight is 232 g/mol. The molecule has 0 fully saturated rings. The van der Waals surface area contributed by atoms with Crippen LogP contribution in [0.15, 0.2) is 11.6 Å². The Labute approximate surface area is 100 Å². The van der Waals surface area contributed by atoms with Crippen molar-refractivity contribution in [2.75, 3.05) is 7.05 Å². The minimum atomic E-state index is 0.142. The van der Waals surface area contributed by atoms with Gasteiger partial charge in [-0.15, -0.1) is 11.6 Å². The van der Waals surface area contributed by atoms with Gasteiger partial charge in [0.05, 0.1) is 5.38 Å². The van der Waals surface area contributed by atoms with Gasteiger partial charge in [-0.25, -0.2) is 0 Å². The molecule has 0 amide bonds. The van der Waals surface area contributed by atoms with Crippen LogP contribution in [0.1, 0.15) is 41.0 Å². The van der Waals surface area contributed by atoms with Crippen molar-refractivity contribution < 1.29 is 0 Å².